The molecular weight excluding hydrogens is 280 g/mol. The molecule has 3 aromatic rings. The molecule has 3 N–H and O–H groups in total. The van der Waals surface area contributed by atoms with Crippen molar-refractivity contribution in [3.63, 3.8) is 0 Å². The van der Waals surface area contributed by atoms with Crippen LogP contribution in [-0.2, 0) is 13.1 Å². The summed E-state index contributed by atoms with van der Waals surface area (Å²) in [4.78, 5) is 12.2. The molecule has 0 saturated carbocycles. The molecule has 21 heavy (non-hydrogen) atoms. The predicted octanol–water partition coefficient (Wildman–Crippen LogP) is 3.29. The van der Waals surface area contributed by atoms with Crippen LogP contribution in [0.25, 0.3) is 10.8 Å². The Morgan fingerprint density at radius 2 is 1.90 bits per heavy atom. The van der Waals surface area contributed by atoms with Crippen molar-refractivity contribution in [2.24, 2.45) is 5.73 Å². The number of primary amides is 1. The first-order valence-electron chi connectivity index (χ1n) is 6.78. The first-order valence-corrected chi connectivity index (χ1v) is 7.66. The summed E-state index contributed by atoms with van der Waals surface area (Å²) >= 11 is 1.55. The highest BCUT2D eigenvalue weighted by atomic mass is 32.1. The molecule has 0 bridgehead atoms. The van der Waals surface area contributed by atoms with Crippen molar-refractivity contribution in [2.75, 3.05) is 0 Å². The Morgan fingerprint density at radius 1 is 1.10 bits per heavy atom. The van der Waals surface area contributed by atoms with Crippen molar-refractivity contribution < 1.29 is 4.79 Å². The highest BCUT2D eigenvalue weighted by Gasteiger charge is 2.05. The van der Waals surface area contributed by atoms with E-state index in [9.17, 15) is 4.79 Å². The number of hydrogen-bond acceptors (Lipinski definition) is 3. The van der Waals surface area contributed by atoms with Crippen LogP contribution in [-0.4, -0.2) is 5.91 Å². The third-order valence-corrected chi connectivity index (χ3v) is 4.37. The van der Waals surface area contributed by atoms with Crippen molar-refractivity contribution in [2.45, 2.75) is 13.1 Å². The first kappa shape index (κ1) is 13.8. The molecule has 0 unspecified atom stereocenters. The molecule has 2 aromatic carbocycles. The molecule has 0 radical (unpaired) electrons. The minimum Gasteiger partial charge on any atom is -0.366 e. The van der Waals surface area contributed by atoms with Gasteiger partial charge in [-0.15, -0.1) is 11.3 Å². The average Bonchev–Trinajstić information content (AvgIpc) is 2.97. The molecule has 106 valence electrons. The third-order valence-electron chi connectivity index (χ3n) is 3.43. The third kappa shape index (κ3) is 3.12. The maximum Gasteiger partial charge on any atom is 0.249 e. The molecule has 0 atom stereocenters. The number of nitrogens with two attached hydrogens (primary N) is 1. The van der Waals surface area contributed by atoms with E-state index < -0.39 is 0 Å². The second kappa shape index (κ2) is 6.08. The molecule has 1 heterocycles. The van der Waals surface area contributed by atoms with Gasteiger partial charge in [0.15, 0.2) is 0 Å². The summed E-state index contributed by atoms with van der Waals surface area (Å²) in [6.07, 6.45) is 0. The van der Waals surface area contributed by atoms with Crippen LogP contribution in [0.2, 0.25) is 0 Å². The van der Waals surface area contributed by atoms with Gasteiger partial charge < -0.3 is 11.1 Å². The summed E-state index contributed by atoms with van der Waals surface area (Å²) in [5.74, 6) is -0.369. The van der Waals surface area contributed by atoms with E-state index in [1.807, 2.05) is 6.07 Å². The van der Waals surface area contributed by atoms with Crippen LogP contribution in [0, 0.1) is 0 Å². The zero-order valence-electron chi connectivity index (χ0n) is 11.5. The van der Waals surface area contributed by atoms with Crippen molar-refractivity contribution >= 4 is 28.0 Å². The number of hydrogen-bond donors (Lipinski definition) is 2. The lowest BCUT2D eigenvalue weighted by molar-refractivity contribution is 0.100. The SMILES string of the molecule is NC(=O)c1csc(CNCc2cccc3ccccc23)c1. The Kier molecular flexibility index (Phi) is 3.99. The zero-order valence-corrected chi connectivity index (χ0v) is 12.3. The monoisotopic (exact) mass is 296 g/mol. The van der Waals surface area contributed by atoms with Crippen molar-refractivity contribution in [3.8, 4) is 0 Å². The molecule has 3 nitrogen and oxygen atoms in total. The lowest BCUT2D eigenvalue weighted by Crippen LogP contribution is -2.12. The lowest BCUT2D eigenvalue weighted by atomic mass is 10.0. The topological polar surface area (TPSA) is 55.1 Å². The Labute approximate surface area is 127 Å². The van der Waals surface area contributed by atoms with Crippen LogP contribution < -0.4 is 11.1 Å². The van der Waals surface area contributed by atoms with Crippen molar-refractivity contribution in [3.05, 3.63) is 69.9 Å². The van der Waals surface area contributed by atoms with Crippen LogP contribution in [0.3, 0.4) is 0 Å². The number of nitrogens with one attached hydrogen (secondary N) is 1. The van der Waals surface area contributed by atoms with E-state index in [0.29, 0.717) is 5.56 Å². The Hall–Kier alpha value is -2.17. The van der Waals surface area contributed by atoms with Gasteiger partial charge in [0.1, 0.15) is 0 Å². The fourth-order valence-corrected chi connectivity index (χ4v) is 3.21. The second-order valence-corrected chi connectivity index (χ2v) is 5.90. The highest BCUT2D eigenvalue weighted by Crippen LogP contribution is 2.19. The second-order valence-electron chi connectivity index (χ2n) is 4.91. The number of fused-ring (bicyclic) bond motifs is 1. The van der Waals surface area contributed by atoms with Gasteiger partial charge in [0.05, 0.1) is 5.56 Å². The molecule has 0 saturated heterocycles. The fourth-order valence-electron chi connectivity index (χ4n) is 2.37. The van der Waals surface area contributed by atoms with Gasteiger partial charge in [0, 0.05) is 23.3 Å². The van der Waals surface area contributed by atoms with Gasteiger partial charge >= 0.3 is 0 Å². The molecular formula is C17H16N2OS. The molecule has 0 aliphatic rings. The summed E-state index contributed by atoms with van der Waals surface area (Å²) in [7, 11) is 0. The molecule has 1 aromatic heterocycles. The maximum absolute atomic E-state index is 11.1. The predicted molar refractivity (Wildman–Crippen MR) is 87.3 cm³/mol. The molecule has 0 fully saturated rings. The van der Waals surface area contributed by atoms with E-state index in [0.717, 1.165) is 18.0 Å². The van der Waals surface area contributed by atoms with Gasteiger partial charge in [-0.05, 0) is 22.4 Å². The minimum atomic E-state index is -0.369. The fraction of sp³-hybridized carbons (Fsp3) is 0.118. The van der Waals surface area contributed by atoms with Gasteiger partial charge in [-0.3, -0.25) is 4.79 Å². The van der Waals surface area contributed by atoms with Crippen molar-refractivity contribution in [1.29, 1.82) is 0 Å². The number of benzene rings is 2. The Bertz CT molecular complexity index is 774. The van der Waals surface area contributed by atoms with Crippen LogP contribution >= 0.6 is 11.3 Å². The lowest BCUT2D eigenvalue weighted by Gasteiger charge is -2.07. The standard InChI is InChI=1S/C17H16N2OS/c18-17(20)14-8-15(21-11-14)10-19-9-13-6-3-5-12-4-1-2-7-16(12)13/h1-8,11,19H,9-10H2,(H2,18,20). The summed E-state index contributed by atoms with van der Waals surface area (Å²) in [6, 6.07) is 16.6. The Balaban J connectivity index is 1.68. The van der Waals surface area contributed by atoms with Crippen LogP contribution in [0.5, 0.6) is 0 Å². The average molecular weight is 296 g/mol. The van der Waals surface area contributed by atoms with E-state index in [1.54, 1.807) is 16.7 Å². The smallest absolute Gasteiger partial charge is 0.249 e. The molecule has 4 heteroatoms. The number of carbonyl (C=O) groups excluding carboxylic acids is 1. The van der Waals surface area contributed by atoms with E-state index in [1.165, 1.54) is 16.3 Å². The van der Waals surface area contributed by atoms with Gasteiger partial charge in [-0.1, -0.05) is 42.5 Å². The van der Waals surface area contributed by atoms with Gasteiger partial charge in [-0.2, -0.15) is 0 Å². The number of rotatable bonds is 5. The van der Waals surface area contributed by atoms with E-state index in [2.05, 4.69) is 47.8 Å². The molecule has 0 aliphatic carbocycles. The summed E-state index contributed by atoms with van der Waals surface area (Å²) in [5.41, 5.74) is 7.12. The zero-order chi connectivity index (χ0) is 14.7. The number of carbonyl (C=O) groups is 1. The molecule has 1 amide bonds. The quantitative estimate of drug-likeness (QED) is 0.759. The van der Waals surface area contributed by atoms with Crippen LogP contribution in [0.4, 0.5) is 0 Å². The maximum atomic E-state index is 11.1. The Morgan fingerprint density at radius 3 is 2.71 bits per heavy atom. The molecule has 0 aliphatic heterocycles. The van der Waals surface area contributed by atoms with Gasteiger partial charge in [0.2, 0.25) is 5.91 Å². The first-order chi connectivity index (χ1) is 10.2. The number of amides is 1. The highest BCUT2D eigenvalue weighted by molar-refractivity contribution is 7.10. The van der Waals surface area contributed by atoms with Gasteiger partial charge in [-0.25, -0.2) is 0 Å². The van der Waals surface area contributed by atoms with Crippen LogP contribution in [0.1, 0.15) is 20.8 Å². The largest absolute Gasteiger partial charge is 0.366 e. The van der Waals surface area contributed by atoms with E-state index >= 15 is 0 Å². The summed E-state index contributed by atoms with van der Waals surface area (Å²) in [5, 5.41) is 7.75. The summed E-state index contributed by atoms with van der Waals surface area (Å²) < 4.78 is 0. The van der Waals surface area contributed by atoms with E-state index in [-0.39, 0.29) is 5.91 Å². The number of thiophene rings is 1. The molecule has 0 spiro atoms. The van der Waals surface area contributed by atoms with Gasteiger partial charge in [0.25, 0.3) is 0 Å². The minimum absolute atomic E-state index is 0.369. The van der Waals surface area contributed by atoms with Crippen LogP contribution in [0.15, 0.2) is 53.9 Å². The normalized spacial score (nSPS) is 10.9. The molecule has 3 rings (SSSR count). The summed E-state index contributed by atoms with van der Waals surface area (Å²) in [6.45, 7) is 1.53. The van der Waals surface area contributed by atoms with Crippen molar-refractivity contribution in [1.82, 2.24) is 5.32 Å². The van der Waals surface area contributed by atoms with E-state index in [4.69, 9.17) is 5.73 Å².